The summed E-state index contributed by atoms with van der Waals surface area (Å²) in [7, 11) is -3.18. The van der Waals surface area contributed by atoms with Crippen LogP contribution >= 0.6 is 7.75 Å². The SMILES string of the molecule is COC(=O)[C@H](C)NP(=O)(OC[C@H]1C=C[C@@H](n2cnc3c(N)ncnc32)C1)Oc1cccc(C(F)(F)F)c1. The molecule has 0 fully saturated rings. The number of anilines is 1. The first kappa shape index (κ1) is 26.6. The molecule has 15 heteroatoms. The Kier molecular flexibility index (Phi) is 7.53. The van der Waals surface area contributed by atoms with E-state index >= 15 is 0 Å². The van der Waals surface area contributed by atoms with Crippen LogP contribution in [0.25, 0.3) is 11.2 Å². The summed E-state index contributed by atoms with van der Waals surface area (Å²) in [4.78, 5) is 24.3. The van der Waals surface area contributed by atoms with Crippen molar-refractivity contribution in [3.8, 4) is 5.75 Å². The van der Waals surface area contributed by atoms with Crippen molar-refractivity contribution in [3.05, 3.63) is 54.6 Å². The van der Waals surface area contributed by atoms with Gasteiger partial charge in [0, 0.05) is 5.92 Å². The summed E-state index contributed by atoms with van der Waals surface area (Å²) in [6, 6.07) is 2.59. The lowest BCUT2D eigenvalue weighted by atomic mass is 10.1. The maximum Gasteiger partial charge on any atom is 0.459 e. The van der Waals surface area contributed by atoms with E-state index in [4.69, 9.17) is 14.8 Å². The number of alkyl halides is 3. The normalized spacial score (nSPS) is 20.0. The van der Waals surface area contributed by atoms with Gasteiger partial charge in [-0.15, -0.1) is 0 Å². The zero-order valence-corrected chi connectivity index (χ0v) is 20.6. The van der Waals surface area contributed by atoms with Gasteiger partial charge in [0.25, 0.3) is 0 Å². The third-order valence-corrected chi connectivity index (χ3v) is 7.29. The molecule has 0 amide bonds. The van der Waals surface area contributed by atoms with Crippen LogP contribution in [0.2, 0.25) is 0 Å². The van der Waals surface area contributed by atoms with Gasteiger partial charge in [0.2, 0.25) is 0 Å². The Hall–Kier alpha value is -3.48. The zero-order chi connectivity index (χ0) is 26.8. The molecule has 2 aromatic heterocycles. The molecule has 3 N–H and O–H groups in total. The number of carbonyl (C=O) groups excluding carboxylic acids is 1. The number of carbonyl (C=O) groups is 1. The summed E-state index contributed by atoms with van der Waals surface area (Å²) in [5.41, 5.74) is 5.88. The zero-order valence-electron chi connectivity index (χ0n) is 19.8. The number of imidazole rings is 1. The highest BCUT2D eigenvalue weighted by atomic mass is 31.2. The van der Waals surface area contributed by atoms with Crippen molar-refractivity contribution in [1.29, 1.82) is 0 Å². The number of rotatable bonds is 9. The monoisotopic (exact) mass is 540 g/mol. The smallest absolute Gasteiger partial charge is 0.459 e. The van der Waals surface area contributed by atoms with E-state index in [1.165, 1.54) is 19.3 Å². The molecule has 1 aliphatic rings. The van der Waals surface area contributed by atoms with Gasteiger partial charge in [0.05, 0.1) is 31.6 Å². The molecule has 0 bridgehead atoms. The number of nitrogens with zero attached hydrogens (tertiary/aromatic N) is 4. The molecule has 0 saturated heterocycles. The first-order valence-electron chi connectivity index (χ1n) is 11.1. The second-order valence-corrected chi connectivity index (χ2v) is 10.0. The van der Waals surface area contributed by atoms with Crippen LogP contribution in [0.4, 0.5) is 19.0 Å². The van der Waals surface area contributed by atoms with Crippen molar-refractivity contribution >= 4 is 30.7 Å². The highest BCUT2D eigenvalue weighted by molar-refractivity contribution is 7.52. The van der Waals surface area contributed by atoms with Crippen LogP contribution in [0.3, 0.4) is 0 Å². The Labute approximate surface area is 209 Å². The van der Waals surface area contributed by atoms with E-state index < -0.39 is 31.5 Å². The number of aromatic nitrogens is 4. The van der Waals surface area contributed by atoms with Gasteiger partial charge >= 0.3 is 19.9 Å². The highest BCUT2D eigenvalue weighted by Crippen LogP contribution is 2.47. The van der Waals surface area contributed by atoms with E-state index in [-0.39, 0.29) is 30.1 Å². The number of allylic oxidation sites excluding steroid dienone is 1. The van der Waals surface area contributed by atoms with Crippen molar-refractivity contribution in [2.75, 3.05) is 19.5 Å². The maximum atomic E-state index is 13.5. The minimum absolute atomic E-state index is 0.117. The molecule has 3 aromatic rings. The third kappa shape index (κ3) is 6.09. The van der Waals surface area contributed by atoms with Crippen LogP contribution in [0, 0.1) is 5.92 Å². The maximum absolute atomic E-state index is 13.5. The summed E-state index contributed by atoms with van der Waals surface area (Å²) < 4.78 is 70.3. The van der Waals surface area contributed by atoms with E-state index in [1.54, 1.807) is 6.33 Å². The number of nitrogens with two attached hydrogens (primary N) is 1. The molecule has 37 heavy (non-hydrogen) atoms. The topological polar surface area (TPSA) is 143 Å². The number of benzene rings is 1. The highest BCUT2D eigenvalue weighted by Gasteiger charge is 2.35. The Morgan fingerprint density at radius 2 is 2.08 bits per heavy atom. The molecule has 1 unspecified atom stereocenters. The van der Waals surface area contributed by atoms with Gasteiger partial charge in [-0.25, -0.2) is 19.5 Å². The predicted octanol–water partition coefficient (Wildman–Crippen LogP) is 3.90. The fraction of sp³-hybridized carbons (Fsp3) is 0.364. The van der Waals surface area contributed by atoms with Crippen LogP contribution in [-0.2, 0) is 24.8 Å². The molecule has 0 radical (unpaired) electrons. The molecule has 0 aliphatic heterocycles. The van der Waals surface area contributed by atoms with Gasteiger partial charge in [0.1, 0.15) is 23.6 Å². The standard InChI is InChI=1S/C22H24F3N6O5P/c1-13(21(32)34-2)30-37(33,36-17-5-3-4-15(9-17)22(23,24)25)35-10-14-6-7-16(8-14)31-12-29-18-19(26)27-11-28-20(18)31/h3-7,9,11-14,16H,8,10H2,1-2H3,(H,30,33)(H2,26,27,28)/t13-,14-,16+,37?/m0/s1. The number of nitrogen functional groups attached to an aromatic ring is 1. The number of nitrogens with one attached hydrogen (secondary N) is 1. The minimum Gasteiger partial charge on any atom is -0.468 e. The van der Waals surface area contributed by atoms with Crippen LogP contribution in [0.1, 0.15) is 24.9 Å². The Bertz CT molecular complexity index is 1360. The quantitative estimate of drug-likeness (QED) is 0.233. The summed E-state index contributed by atoms with van der Waals surface area (Å²) in [5, 5.41) is 2.43. The Morgan fingerprint density at radius 3 is 2.81 bits per heavy atom. The van der Waals surface area contributed by atoms with Gasteiger partial charge < -0.3 is 19.6 Å². The van der Waals surface area contributed by atoms with Crippen LogP contribution in [0.5, 0.6) is 5.75 Å². The molecule has 11 nitrogen and oxygen atoms in total. The molecule has 4 rings (SSSR count). The number of hydrogen-bond donors (Lipinski definition) is 2. The van der Waals surface area contributed by atoms with E-state index in [0.29, 0.717) is 23.7 Å². The number of hydrogen-bond acceptors (Lipinski definition) is 9. The third-order valence-electron chi connectivity index (χ3n) is 5.65. The average Bonchev–Trinajstić information content (AvgIpc) is 3.49. The molecule has 0 saturated carbocycles. The molecular weight excluding hydrogens is 516 g/mol. The summed E-state index contributed by atoms with van der Waals surface area (Å²) in [6.07, 6.45) is 2.56. The number of fused-ring (bicyclic) bond motifs is 1. The first-order chi connectivity index (χ1) is 17.5. The van der Waals surface area contributed by atoms with E-state index in [2.05, 4.69) is 24.8 Å². The van der Waals surface area contributed by atoms with E-state index in [0.717, 1.165) is 19.2 Å². The molecule has 0 spiro atoms. The van der Waals surface area contributed by atoms with Gasteiger partial charge in [-0.3, -0.25) is 9.32 Å². The second kappa shape index (κ2) is 10.5. The van der Waals surface area contributed by atoms with Gasteiger partial charge in [0.15, 0.2) is 11.5 Å². The molecule has 4 atom stereocenters. The Balaban J connectivity index is 1.48. The van der Waals surface area contributed by atoms with Gasteiger partial charge in [-0.2, -0.15) is 18.3 Å². The number of halogens is 3. The summed E-state index contributed by atoms with van der Waals surface area (Å²) in [6.45, 7) is 1.24. The van der Waals surface area contributed by atoms with Crippen molar-refractivity contribution < 1.29 is 36.3 Å². The van der Waals surface area contributed by atoms with Gasteiger partial charge in [-0.05, 0) is 31.5 Å². The number of methoxy groups -OCH3 is 1. The largest absolute Gasteiger partial charge is 0.468 e. The van der Waals surface area contributed by atoms with Crippen LogP contribution in [-0.4, -0.2) is 45.2 Å². The van der Waals surface area contributed by atoms with E-state index in [9.17, 15) is 22.5 Å². The summed E-state index contributed by atoms with van der Waals surface area (Å²) in [5.74, 6) is -1.09. The molecule has 1 aromatic carbocycles. The Morgan fingerprint density at radius 1 is 1.30 bits per heavy atom. The van der Waals surface area contributed by atoms with Crippen molar-refractivity contribution in [2.24, 2.45) is 5.92 Å². The average molecular weight is 540 g/mol. The van der Waals surface area contributed by atoms with Crippen molar-refractivity contribution in [2.45, 2.75) is 31.6 Å². The lowest BCUT2D eigenvalue weighted by molar-refractivity contribution is -0.142. The van der Waals surface area contributed by atoms with Crippen molar-refractivity contribution in [3.63, 3.8) is 0 Å². The van der Waals surface area contributed by atoms with Crippen LogP contribution in [0.15, 0.2) is 49.1 Å². The lowest BCUT2D eigenvalue weighted by Gasteiger charge is -2.24. The van der Waals surface area contributed by atoms with Crippen molar-refractivity contribution in [1.82, 2.24) is 24.6 Å². The number of esters is 1. The second-order valence-electron chi connectivity index (χ2n) is 8.32. The molecular formula is C22H24F3N6O5P. The van der Waals surface area contributed by atoms with Crippen LogP contribution < -0.4 is 15.3 Å². The minimum atomic E-state index is -4.63. The fourth-order valence-corrected chi connectivity index (χ4v) is 5.35. The lowest BCUT2D eigenvalue weighted by Crippen LogP contribution is -2.34. The van der Waals surface area contributed by atoms with E-state index in [1.807, 2.05) is 16.7 Å². The molecule has 1 aliphatic carbocycles. The summed E-state index contributed by atoms with van der Waals surface area (Å²) >= 11 is 0. The number of ether oxygens (including phenoxy) is 1. The fourth-order valence-electron chi connectivity index (χ4n) is 3.81. The molecule has 2 heterocycles. The van der Waals surface area contributed by atoms with Gasteiger partial charge in [-0.1, -0.05) is 18.2 Å². The molecule has 198 valence electrons. The first-order valence-corrected chi connectivity index (χ1v) is 12.6. The predicted molar refractivity (Wildman–Crippen MR) is 126 cm³/mol.